The minimum Gasteiger partial charge on any atom is -0.372 e. The van der Waals surface area contributed by atoms with Crippen LogP contribution in [0.2, 0.25) is 0 Å². The molecule has 7 heteroatoms. The van der Waals surface area contributed by atoms with Gasteiger partial charge in [-0.05, 0) is 43.4 Å². The zero-order valence-electron chi connectivity index (χ0n) is 14.0. The topological polar surface area (TPSA) is 58.6 Å². The number of nitrogens with zero attached hydrogens (tertiary/aromatic N) is 1. The van der Waals surface area contributed by atoms with Crippen molar-refractivity contribution in [2.24, 2.45) is 5.92 Å². The Morgan fingerprint density at radius 2 is 2.04 bits per heavy atom. The molecule has 2 aliphatic heterocycles. The lowest BCUT2D eigenvalue weighted by atomic mass is 9.83. The predicted molar refractivity (Wildman–Crippen MR) is 90.5 cm³/mol. The molecule has 134 valence electrons. The van der Waals surface area contributed by atoms with Gasteiger partial charge in [-0.25, -0.2) is 17.5 Å². The van der Waals surface area contributed by atoms with Gasteiger partial charge in [0.1, 0.15) is 5.82 Å². The van der Waals surface area contributed by atoms with E-state index in [1.807, 2.05) is 12.1 Å². The molecule has 1 N–H and O–H groups in total. The summed E-state index contributed by atoms with van der Waals surface area (Å²) >= 11 is 0. The zero-order valence-corrected chi connectivity index (χ0v) is 14.8. The van der Waals surface area contributed by atoms with E-state index in [9.17, 15) is 12.8 Å². The van der Waals surface area contributed by atoms with Crippen LogP contribution in [0, 0.1) is 11.7 Å². The Hall–Kier alpha value is -1.02. The van der Waals surface area contributed by atoms with Crippen molar-refractivity contribution >= 4 is 10.0 Å². The first kappa shape index (κ1) is 17.8. The van der Waals surface area contributed by atoms with Gasteiger partial charge in [-0.15, -0.1) is 0 Å². The maximum absolute atomic E-state index is 12.9. The van der Waals surface area contributed by atoms with Gasteiger partial charge in [0, 0.05) is 26.2 Å². The molecule has 5 nitrogen and oxygen atoms in total. The minimum atomic E-state index is -3.13. The largest absolute Gasteiger partial charge is 0.372 e. The fourth-order valence-corrected chi connectivity index (χ4v) is 4.10. The smallest absolute Gasteiger partial charge is 0.211 e. The monoisotopic (exact) mass is 356 g/mol. The lowest BCUT2D eigenvalue weighted by Crippen LogP contribution is -2.64. The lowest BCUT2D eigenvalue weighted by molar-refractivity contribution is -0.181. The molecule has 0 aliphatic carbocycles. The first-order chi connectivity index (χ1) is 11.4. The highest BCUT2D eigenvalue weighted by Gasteiger charge is 2.46. The predicted octanol–water partition coefficient (Wildman–Crippen LogP) is 1.75. The number of hydrogen-bond donors (Lipinski definition) is 1. The van der Waals surface area contributed by atoms with E-state index in [-0.39, 0.29) is 23.1 Å². The fourth-order valence-electron chi connectivity index (χ4n) is 3.40. The van der Waals surface area contributed by atoms with E-state index >= 15 is 0 Å². The number of rotatable bonds is 6. The van der Waals surface area contributed by atoms with E-state index in [0.717, 1.165) is 38.0 Å². The van der Waals surface area contributed by atoms with Crippen LogP contribution >= 0.6 is 0 Å². The first-order valence-corrected chi connectivity index (χ1v) is 10.1. The summed E-state index contributed by atoms with van der Waals surface area (Å²) in [4.78, 5) is 2.30. The van der Waals surface area contributed by atoms with Gasteiger partial charge in [0.25, 0.3) is 0 Å². The molecular formula is C17H25FN2O3S. The molecule has 0 radical (unpaired) electrons. The summed E-state index contributed by atoms with van der Waals surface area (Å²) in [6.07, 6.45) is 1.95. The number of nitrogens with one attached hydrogen (secondary N) is 1. The van der Waals surface area contributed by atoms with E-state index < -0.39 is 10.0 Å². The van der Waals surface area contributed by atoms with Crippen molar-refractivity contribution in [3.8, 4) is 0 Å². The Morgan fingerprint density at radius 3 is 2.62 bits per heavy atom. The highest BCUT2D eigenvalue weighted by Crippen LogP contribution is 2.36. The number of benzene rings is 1. The van der Waals surface area contributed by atoms with Crippen LogP contribution in [0.5, 0.6) is 0 Å². The second kappa shape index (κ2) is 7.07. The van der Waals surface area contributed by atoms with Gasteiger partial charge in [0.2, 0.25) is 10.0 Å². The average molecular weight is 356 g/mol. The lowest BCUT2D eigenvalue weighted by Gasteiger charge is -2.53. The van der Waals surface area contributed by atoms with Crippen LogP contribution in [0.25, 0.3) is 0 Å². The summed E-state index contributed by atoms with van der Waals surface area (Å²) in [6, 6.07) is 6.61. The zero-order chi connectivity index (χ0) is 17.2. The third-order valence-electron chi connectivity index (χ3n) is 4.95. The molecule has 3 rings (SSSR count). The van der Waals surface area contributed by atoms with Gasteiger partial charge in [0.05, 0.1) is 18.0 Å². The number of hydrogen-bond acceptors (Lipinski definition) is 4. The Bertz CT molecular complexity index is 647. The van der Waals surface area contributed by atoms with Crippen molar-refractivity contribution in [1.82, 2.24) is 9.62 Å². The summed E-state index contributed by atoms with van der Waals surface area (Å²) < 4.78 is 44.6. The highest BCUT2D eigenvalue weighted by molar-refractivity contribution is 7.89. The number of halogens is 1. The van der Waals surface area contributed by atoms with E-state index in [0.29, 0.717) is 13.2 Å². The van der Waals surface area contributed by atoms with Crippen molar-refractivity contribution in [3.05, 3.63) is 35.6 Å². The minimum absolute atomic E-state index is 0.0693. The third-order valence-corrected chi connectivity index (χ3v) is 6.31. The molecule has 24 heavy (non-hydrogen) atoms. The molecule has 1 aromatic carbocycles. The summed E-state index contributed by atoms with van der Waals surface area (Å²) in [6.45, 7) is 5.29. The summed E-state index contributed by atoms with van der Waals surface area (Å²) in [5.41, 5.74) is 1.04. The Morgan fingerprint density at radius 1 is 1.33 bits per heavy atom. The van der Waals surface area contributed by atoms with Crippen LogP contribution in [0.4, 0.5) is 4.39 Å². The van der Waals surface area contributed by atoms with Crippen LogP contribution in [0.3, 0.4) is 0 Å². The molecule has 1 aromatic rings. The third kappa shape index (κ3) is 4.33. The van der Waals surface area contributed by atoms with Crippen LogP contribution in [0.1, 0.15) is 25.3 Å². The Balaban J connectivity index is 1.41. The molecule has 0 bridgehead atoms. The highest BCUT2D eigenvalue weighted by atomic mass is 32.2. The molecule has 2 saturated heterocycles. The molecule has 2 fully saturated rings. The first-order valence-electron chi connectivity index (χ1n) is 8.48. The van der Waals surface area contributed by atoms with Crippen LogP contribution < -0.4 is 4.72 Å². The van der Waals surface area contributed by atoms with Gasteiger partial charge < -0.3 is 4.74 Å². The van der Waals surface area contributed by atoms with Gasteiger partial charge in [-0.2, -0.15) is 0 Å². The molecule has 2 heterocycles. The Labute approximate surface area is 143 Å². The van der Waals surface area contributed by atoms with Crippen LogP contribution in [-0.2, 0) is 21.3 Å². The van der Waals surface area contributed by atoms with Gasteiger partial charge in [-0.1, -0.05) is 12.1 Å². The van der Waals surface area contributed by atoms with Crippen molar-refractivity contribution in [2.45, 2.75) is 31.9 Å². The van der Waals surface area contributed by atoms with Crippen LogP contribution in [-0.4, -0.2) is 50.9 Å². The molecular weight excluding hydrogens is 331 g/mol. The number of likely N-dealkylation sites (tertiary alicyclic amines) is 1. The maximum atomic E-state index is 12.9. The summed E-state index contributed by atoms with van der Waals surface area (Å²) in [5.74, 6) is 0.158. The van der Waals surface area contributed by atoms with Crippen molar-refractivity contribution in [3.63, 3.8) is 0 Å². The van der Waals surface area contributed by atoms with E-state index in [1.165, 1.54) is 12.1 Å². The molecule has 1 atom stereocenters. The van der Waals surface area contributed by atoms with Crippen molar-refractivity contribution < 1.29 is 17.5 Å². The SMILES string of the molecule is CCS(=O)(=O)NC[C@H]1CCC2(CN(Cc3ccc(F)cc3)C2)OC1. The van der Waals surface area contributed by atoms with Crippen LogP contribution in [0.15, 0.2) is 24.3 Å². The maximum Gasteiger partial charge on any atom is 0.211 e. The second-order valence-electron chi connectivity index (χ2n) is 6.92. The van der Waals surface area contributed by atoms with E-state index in [4.69, 9.17) is 4.74 Å². The molecule has 0 aromatic heterocycles. The molecule has 0 amide bonds. The molecule has 1 spiro atoms. The van der Waals surface area contributed by atoms with Gasteiger partial charge in [0.15, 0.2) is 0 Å². The Kier molecular flexibility index (Phi) is 5.24. The van der Waals surface area contributed by atoms with Crippen molar-refractivity contribution in [2.75, 3.05) is 32.0 Å². The normalized spacial score (nSPS) is 24.0. The van der Waals surface area contributed by atoms with Gasteiger partial charge in [-0.3, -0.25) is 4.90 Å². The summed E-state index contributed by atoms with van der Waals surface area (Å²) in [5, 5.41) is 0. The molecule has 0 unspecified atom stereocenters. The molecule has 0 saturated carbocycles. The number of ether oxygens (including phenoxy) is 1. The molecule has 2 aliphatic rings. The number of sulfonamides is 1. The van der Waals surface area contributed by atoms with Gasteiger partial charge >= 0.3 is 0 Å². The van der Waals surface area contributed by atoms with Crippen molar-refractivity contribution in [1.29, 1.82) is 0 Å². The summed E-state index contributed by atoms with van der Waals surface area (Å²) in [7, 11) is -3.13. The van der Waals surface area contributed by atoms with E-state index in [1.54, 1.807) is 6.92 Å². The quantitative estimate of drug-likeness (QED) is 0.844. The fraction of sp³-hybridized carbons (Fsp3) is 0.647. The van der Waals surface area contributed by atoms with E-state index in [2.05, 4.69) is 9.62 Å². The second-order valence-corrected chi connectivity index (χ2v) is 9.02. The average Bonchev–Trinajstić information content (AvgIpc) is 2.55. The standard InChI is InChI=1S/C17H25FN2O3S/c1-2-24(21,22)19-9-15-7-8-17(23-11-15)12-20(13-17)10-14-3-5-16(18)6-4-14/h3-6,15,19H,2,7-13H2,1H3/t15-/m1/s1.